The van der Waals surface area contributed by atoms with Crippen LogP contribution in [0.15, 0.2) is 48.7 Å². The highest BCUT2D eigenvalue weighted by molar-refractivity contribution is 5.91. The number of nitrogens with two attached hydrogens (primary N) is 1. The van der Waals surface area contributed by atoms with Gasteiger partial charge in [-0.3, -0.25) is 9.59 Å². The number of pyridine rings is 1. The predicted octanol–water partition coefficient (Wildman–Crippen LogP) is 0.533. The van der Waals surface area contributed by atoms with Crippen LogP contribution in [0.5, 0.6) is 0 Å². The average molecular weight is 317 g/mol. The fourth-order valence-electron chi connectivity index (χ4n) is 2.09. The minimum atomic E-state index is -0.659. The Hall–Kier alpha value is -2.96. The fourth-order valence-corrected chi connectivity index (χ4v) is 2.09. The van der Waals surface area contributed by atoms with Crippen molar-refractivity contribution in [3.8, 4) is 0 Å². The number of halogens is 1. The van der Waals surface area contributed by atoms with Gasteiger partial charge in [-0.15, -0.1) is 0 Å². The van der Waals surface area contributed by atoms with Crippen LogP contribution in [0, 0.1) is 16.9 Å². The van der Waals surface area contributed by atoms with Gasteiger partial charge in [-0.05, 0) is 30.2 Å². The summed E-state index contributed by atoms with van der Waals surface area (Å²) < 4.78 is 13.3. The molecule has 0 spiro atoms. The van der Waals surface area contributed by atoms with E-state index in [1.807, 2.05) is 0 Å². The van der Waals surface area contributed by atoms with Crippen LogP contribution >= 0.6 is 0 Å². The van der Waals surface area contributed by atoms with Crippen LogP contribution in [-0.4, -0.2) is 18.4 Å². The molecule has 0 aliphatic heterocycles. The van der Waals surface area contributed by atoms with Gasteiger partial charge in [-0.2, -0.15) is 4.73 Å². The van der Waals surface area contributed by atoms with Crippen molar-refractivity contribution in [2.45, 2.75) is 6.42 Å². The molecule has 0 saturated heterocycles. The maximum Gasteiger partial charge on any atom is 0.317 e. The molecule has 6 nitrogen and oxygen atoms in total. The molecule has 0 bridgehead atoms. The van der Waals surface area contributed by atoms with E-state index in [1.54, 1.807) is 18.2 Å². The molecule has 3 N–H and O–H groups in total. The van der Waals surface area contributed by atoms with Crippen molar-refractivity contribution in [2.24, 2.45) is 11.7 Å². The summed E-state index contributed by atoms with van der Waals surface area (Å²) in [5, 5.41) is 14.0. The summed E-state index contributed by atoms with van der Waals surface area (Å²) in [6.45, 7) is -0.0135. The summed E-state index contributed by atoms with van der Waals surface area (Å²) in [4.78, 5) is 23.5. The maximum atomic E-state index is 12.9. The fraction of sp³-hybridized carbons (Fsp3) is 0.188. The SMILES string of the molecule is NC(=O)[C@@H](CNC(=O)c1cccc[n+]1[O-])Cc1ccc(F)cc1. The number of hydrogen-bond acceptors (Lipinski definition) is 3. The third kappa shape index (κ3) is 4.50. The summed E-state index contributed by atoms with van der Waals surface area (Å²) in [6.07, 6.45) is 1.47. The molecule has 0 unspecified atom stereocenters. The highest BCUT2D eigenvalue weighted by Gasteiger charge is 2.20. The van der Waals surface area contributed by atoms with Crippen molar-refractivity contribution < 1.29 is 18.7 Å². The van der Waals surface area contributed by atoms with Crippen LogP contribution in [0.1, 0.15) is 16.1 Å². The lowest BCUT2D eigenvalue weighted by molar-refractivity contribution is -0.607. The van der Waals surface area contributed by atoms with Crippen LogP contribution < -0.4 is 15.8 Å². The molecule has 2 rings (SSSR count). The van der Waals surface area contributed by atoms with Crippen LogP contribution in [-0.2, 0) is 11.2 Å². The Morgan fingerprint density at radius 1 is 1.22 bits per heavy atom. The third-order valence-corrected chi connectivity index (χ3v) is 3.36. The molecular formula is C16H16FN3O3. The Labute approximate surface area is 132 Å². The Morgan fingerprint density at radius 2 is 1.91 bits per heavy atom. The lowest BCUT2D eigenvalue weighted by atomic mass is 9.98. The van der Waals surface area contributed by atoms with Gasteiger partial charge >= 0.3 is 5.91 Å². The van der Waals surface area contributed by atoms with Crippen molar-refractivity contribution in [3.63, 3.8) is 0 Å². The standard InChI is InChI=1S/C16H16FN3O3/c17-13-6-4-11(5-7-13)9-12(15(18)21)10-19-16(22)14-3-1-2-8-20(14)23/h1-8,12H,9-10H2,(H2,18,21)(H,19,22)/t12-/m1/s1. The lowest BCUT2D eigenvalue weighted by Gasteiger charge is -2.14. The number of benzene rings is 1. The summed E-state index contributed by atoms with van der Waals surface area (Å²) in [7, 11) is 0. The number of aromatic nitrogens is 1. The Balaban J connectivity index is 2.00. The number of carbonyl (C=O) groups is 2. The van der Waals surface area contributed by atoms with E-state index in [-0.39, 0.29) is 24.5 Å². The molecular weight excluding hydrogens is 301 g/mol. The topological polar surface area (TPSA) is 99.1 Å². The quantitative estimate of drug-likeness (QED) is 0.600. The Morgan fingerprint density at radius 3 is 2.52 bits per heavy atom. The van der Waals surface area contributed by atoms with E-state index in [2.05, 4.69) is 5.32 Å². The molecule has 1 aromatic carbocycles. The number of carbonyl (C=O) groups excluding carboxylic acids is 2. The number of rotatable bonds is 6. The van der Waals surface area contributed by atoms with E-state index >= 15 is 0 Å². The van der Waals surface area contributed by atoms with E-state index in [0.717, 1.165) is 5.56 Å². The zero-order valence-electron chi connectivity index (χ0n) is 12.2. The monoisotopic (exact) mass is 317 g/mol. The molecule has 1 atom stereocenters. The molecule has 0 fully saturated rings. The molecule has 2 aromatic rings. The number of primary amides is 1. The number of nitrogens with one attached hydrogen (secondary N) is 1. The zero-order valence-corrected chi connectivity index (χ0v) is 12.2. The normalized spacial score (nSPS) is 11.7. The molecule has 7 heteroatoms. The van der Waals surface area contributed by atoms with Crippen molar-refractivity contribution in [2.75, 3.05) is 6.54 Å². The number of nitrogens with zero attached hydrogens (tertiary/aromatic N) is 1. The molecule has 1 heterocycles. The maximum absolute atomic E-state index is 12.9. The van der Waals surface area contributed by atoms with Gasteiger partial charge in [0.1, 0.15) is 5.82 Å². The van der Waals surface area contributed by atoms with Gasteiger partial charge < -0.3 is 16.3 Å². The first-order valence-electron chi connectivity index (χ1n) is 6.97. The second-order valence-corrected chi connectivity index (χ2v) is 5.05. The smallest absolute Gasteiger partial charge is 0.317 e. The van der Waals surface area contributed by atoms with Crippen LogP contribution in [0.4, 0.5) is 4.39 Å². The number of hydrogen-bond donors (Lipinski definition) is 2. The van der Waals surface area contributed by atoms with Crippen LogP contribution in [0.25, 0.3) is 0 Å². The summed E-state index contributed by atoms with van der Waals surface area (Å²) in [5.74, 6) is -2.21. The van der Waals surface area contributed by atoms with Crippen molar-refractivity contribution in [1.82, 2.24) is 5.32 Å². The van der Waals surface area contributed by atoms with Gasteiger partial charge in [0.15, 0.2) is 6.20 Å². The largest absolute Gasteiger partial charge is 0.618 e. The lowest BCUT2D eigenvalue weighted by Crippen LogP contribution is -2.42. The summed E-state index contributed by atoms with van der Waals surface area (Å²) in [5.41, 5.74) is 5.99. The van der Waals surface area contributed by atoms with Gasteiger partial charge in [0.2, 0.25) is 5.91 Å². The predicted molar refractivity (Wildman–Crippen MR) is 80.5 cm³/mol. The van der Waals surface area contributed by atoms with Crippen molar-refractivity contribution in [3.05, 3.63) is 70.9 Å². The van der Waals surface area contributed by atoms with Gasteiger partial charge in [-0.25, -0.2) is 4.39 Å². The highest BCUT2D eigenvalue weighted by Crippen LogP contribution is 2.09. The molecule has 0 radical (unpaired) electrons. The second-order valence-electron chi connectivity index (χ2n) is 5.05. The van der Waals surface area contributed by atoms with Crippen molar-refractivity contribution >= 4 is 11.8 Å². The minimum absolute atomic E-state index is 0.0135. The highest BCUT2D eigenvalue weighted by atomic mass is 19.1. The van der Waals surface area contributed by atoms with Crippen LogP contribution in [0.2, 0.25) is 0 Å². The molecule has 0 saturated carbocycles. The van der Waals surface area contributed by atoms with Gasteiger partial charge in [-0.1, -0.05) is 12.1 Å². The van der Waals surface area contributed by atoms with Gasteiger partial charge in [0.05, 0.1) is 5.92 Å². The molecule has 23 heavy (non-hydrogen) atoms. The third-order valence-electron chi connectivity index (χ3n) is 3.36. The first kappa shape index (κ1) is 16.4. The molecule has 0 aliphatic rings. The summed E-state index contributed by atoms with van der Waals surface area (Å²) >= 11 is 0. The molecule has 0 aliphatic carbocycles. The van der Waals surface area contributed by atoms with Crippen LogP contribution in [0.3, 0.4) is 0 Å². The van der Waals surface area contributed by atoms with E-state index in [9.17, 15) is 19.2 Å². The first-order chi connectivity index (χ1) is 11.0. The zero-order chi connectivity index (χ0) is 16.8. The second kappa shape index (κ2) is 7.35. The Kier molecular flexibility index (Phi) is 5.24. The number of amides is 2. The molecule has 2 amide bonds. The molecule has 120 valence electrons. The van der Waals surface area contributed by atoms with Gasteiger partial charge in [0, 0.05) is 18.7 Å². The van der Waals surface area contributed by atoms with Crippen molar-refractivity contribution in [1.29, 1.82) is 0 Å². The Bertz CT molecular complexity index is 704. The minimum Gasteiger partial charge on any atom is -0.618 e. The average Bonchev–Trinajstić information content (AvgIpc) is 2.53. The summed E-state index contributed by atoms with van der Waals surface area (Å²) in [6, 6.07) is 10.1. The van der Waals surface area contributed by atoms with E-state index in [0.29, 0.717) is 4.73 Å². The van der Waals surface area contributed by atoms with E-state index in [1.165, 1.54) is 30.5 Å². The first-order valence-corrected chi connectivity index (χ1v) is 6.97. The van der Waals surface area contributed by atoms with E-state index < -0.39 is 17.7 Å². The molecule has 1 aromatic heterocycles. The van der Waals surface area contributed by atoms with Gasteiger partial charge in [0.25, 0.3) is 5.69 Å². The van der Waals surface area contributed by atoms with E-state index in [4.69, 9.17) is 5.73 Å².